The minimum Gasteiger partial charge on any atom is -0.449 e. The Kier molecular flexibility index (Phi) is 8.72. The number of nitrogens with zero attached hydrogens (tertiary/aromatic N) is 2. The number of para-hydroxylation sites is 1. The van der Waals surface area contributed by atoms with E-state index in [1.54, 1.807) is 30.6 Å². The van der Waals surface area contributed by atoms with Crippen LogP contribution < -0.4 is 16.0 Å². The third-order valence-electron chi connectivity index (χ3n) is 6.24. The lowest BCUT2D eigenvalue weighted by Gasteiger charge is -2.33. The summed E-state index contributed by atoms with van der Waals surface area (Å²) in [5.41, 5.74) is 9.16. The van der Waals surface area contributed by atoms with E-state index in [9.17, 15) is 9.59 Å². The highest BCUT2D eigenvalue weighted by molar-refractivity contribution is 6.15. The molecule has 0 unspecified atom stereocenters. The molecular weight excluding hydrogens is 440 g/mol. The summed E-state index contributed by atoms with van der Waals surface area (Å²) >= 11 is 0. The van der Waals surface area contributed by atoms with Crippen molar-refractivity contribution in [3.63, 3.8) is 0 Å². The van der Waals surface area contributed by atoms with Crippen LogP contribution in [0.3, 0.4) is 0 Å². The van der Waals surface area contributed by atoms with Gasteiger partial charge in [-0.25, -0.2) is 4.79 Å². The van der Waals surface area contributed by atoms with Crippen LogP contribution in [0.15, 0.2) is 54.4 Å². The number of pyridine rings is 1. The number of nitrogens with one attached hydrogen (secondary N) is 1. The highest BCUT2D eigenvalue weighted by Gasteiger charge is 2.23. The van der Waals surface area contributed by atoms with E-state index in [-0.39, 0.29) is 18.2 Å². The Labute approximate surface area is 200 Å². The zero-order valence-corrected chi connectivity index (χ0v) is 19.5. The van der Waals surface area contributed by atoms with E-state index in [0.717, 1.165) is 57.2 Å². The maximum absolute atomic E-state index is 13.0. The topological polar surface area (TPSA) is 97.5 Å². The molecule has 1 amide bonds. The molecule has 3 N–H and O–H groups in total. The minimum absolute atomic E-state index is 0. The molecule has 0 bridgehead atoms. The average molecular weight is 471 g/mol. The van der Waals surface area contributed by atoms with Gasteiger partial charge in [-0.1, -0.05) is 12.1 Å². The van der Waals surface area contributed by atoms with Crippen LogP contribution in [0.4, 0.5) is 21.9 Å². The Hall–Kier alpha value is -3.06. The number of halogens is 1. The summed E-state index contributed by atoms with van der Waals surface area (Å²) in [5.74, 6) is 0.233. The van der Waals surface area contributed by atoms with Crippen LogP contribution in [-0.2, 0) is 4.74 Å². The van der Waals surface area contributed by atoms with Gasteiger partial charge >= 0.3 is 6.09 Å². The number of Topliss-reactive ketones (excluding diaryl/α,β-unsaturated/α-hetero) is 1. The molecule has 1 aliphatic carbocycles. The van der Waals surface area contributed by atoms with Crippen molar-refractivity contribution in [2.24, 2.45) is 5.92 Å². The number of carbonyl (C=O) groups excluding carboxylic acids is 2. The number of ketones is 1. The third-order valence-corrected chi connectivity index (χ3v) is 6.24. The molecule has 8 heteroatoms. The van der Waals surface area contributed by atoms with E-state index in [0.29, 0.717) is 29.5 Å². The zero-order chi connectivity index (χ0) is 22.3. The third kappa shape index (κ3) is 6.26. The van der Waals surface area contributed by atoms with Crippen LogP contribution in [-0.4, -0.2) is 36.6 Å². The largest absolute Gasteiger partial charge is 0.449 e. The summed E-state index contributed by atoms with van der Waals surface area (Å²) in [6.45, 7) is 2.18. The predicted octanol–water partition coefficient (Wildman–Crippen LogP) is 5.23. The first-order valence-corrected chi connectivity index (χ1v) is 11.3. The van der Waals surface area contributed by atoms with Gasteiger partial charge in [0.2, 0.25) is 0 Å². The van der Waals surface area contributed by atoms with Crippen LogP contribution in [0, 0.1) is 5.92 Å². The Bertz CT molecular complexity index is 988. The van der Waals surface area contributed by atoms with Crippen molar-refractivity contribution >= 4 is 41.3 Å². The molecule has 2 aromatic rings. The maximum Gasteiger partial charge on any atom is 0.411 e. The molecule has 0 saturated carbocycles. The van der Waals surface area contributed by atoms with Gasteiger partial charge in [0.05, 0.1) is 18.0 Å². The molecule has 1 aromatic carbocycles. The van der Waals surface area contributed by atoms with E-state index in [2.05, 4.69) is 15.2 Å². The zero-order valence-electron chi connectivity index (χ0n) is 18.7. The number of hydrogen-bond acceptors (Lipinski definition) is 6. The monoisotopic (exact) mass is 470 g/mol. The standard InChI is InChI=1S/C25H30N4O3.ClH/c26-22-8-4-7-21(24(30)19-5-2-1-3-6-19)23(22)28-25(31)32-17-18-11-15-29(16-12-18)20-9-13-27-14-10-20;/h4-5,7-10,13-14,18H,1-3,6,11-12,15-17,26H2,(H,28,31);1H. The van der Waals surface area contributed by atoms with Crippen molar-refractivity contribution in [2.45, 2.75) is 38.5 Å². The Morgan fingerprint density at radius 2 is 1.88 bits per heavy atom. The summed E-state index contributed by atoms with van der Waals surface area (Å²) in [4.78, 5) is 31.9. The summed E-state index contributed by atoms with van der Waals surface area (Å²) < 4.78 is 5.50. The van der Waals surface area contributed by atoms with Gasteiger partial charge in [0, 0.05) is 36.7 Å². The van der Waals surface area contributed by atoms with Crippen LogP contribution in [0.1, 0.15) is 48.9 Å². The van der Waals surface area contributed by atoms with Gasteiger partial charge in [-0.3, -0.25) is 15.1 Å². The fourth-order valence-corrected chi connectivity index (χ4v) is 4.36. The number of benzene rings is 1. The number of nitrogen functional groups attached to an aromatic ring is 1. The molecule has 0 radical (unpaired) electrons. The highest BCUT2D eigenvalue weighted by atomic mass is 35.5. The number of amides is 1. The molecule has 7 nitrogen and oxygen atoms in total. The number of nitrogens with two attached hydrogens (primary N) is 1. The number of carbonyl (C=O) groups is 2. The predicted molar refractivity (Wildman–Crippen MR) is 133 cm³/mol. The number of anilines is 3. The van der Waals surface area contributed by atoms with Crippen molar-refractivity contribution in [2.75, 3.05) is 35.6 Å². The lowest BCUT2D eigenvalue weighted by molar-refractivity contribution is 0.102. The van der Waals surface area contributed by atoms with Crippen LogP contribution in [0.25, 0.3) is 0 Å². The number of ether oxygens (including phenoxy) is 1. The number of aromatic nitrogens is 1. The minimum atomic E-state index is -0.578. The molecule has 176 valence electrons. The quantitative estimate of drug-likeness (QED) is 0.443. The number of allylic oxidation sites excluding steroid dienone is 2. The average Bonchev–Trinajstić information content (AvgIpc) is 2.85. The molecule has 0 atom stereocenters. The number of rotatable bonds is 6. The lowest BCUT2D eigenvalue weighted by atomic mass is 9.92. The van der Waals surface area contributed by atoms with Gasteiger partial charge in [0.15, 0.2) is 5.78 Å². The van der Waals surface area contributed by atoms with E-state index in [1.165, 1.54) is 5.69 Å². The molecule has 2 aliphatic rings. The van der Waals surface area contributed by atoms with Gasteiger partial charge in [0.25, 0.3) is 0 Å². The van der Waals surface area contributed by atoms with Crippen molar-refractivity contribution in [1.29, 1.82) is 0 Å². The number of hydrogen-bond donors (Lipinski definition) is 2. The van der Waals surface area contributed by atoms with Gasteiger partial charge < -0.3 is 15.4 Å². The summed E-state index contributed by atoms with van der Waals surface area (Å²) in [6.07, 6.45) is 10.7. The summed E-state index contributed by atoms with van der Waals surface area (Å²) in [5, 5.41) is 2.72. The Morgan fingerprint density at radius 1 is 1.12 bits per heavy atom. The Morgan fingerprint density at radius 3 is 2.58 bits per heavy atom. The molecule has 1 fully saturated rings. The van der Waals surface area contributed by atoms with Crippen molar-refractivity contribution in [3.8, 4) is 0 Å². The van der Waals surface area contributed by atoms with Gasteiger partial charge in [-0.15, -0.1) is 12.4 Å². The second-order valence-electron chi connectivity index (χ2n) is 8.43. The van der Waals surface area contributed by atoms with Crippen molar-refractivity contribution in [1.82, 2.24) is 4.98 Å². The molecule has 1 saturated heterocycles. The van der Waals surface area contributed by atoms with Crippen molar-refractivity contribution < 1.29 is 14.3 Å². The summed E-state index contributed by atoms with van der Waals surface area (Å²) in [7, 11) is 0. The molecule has 2 heterocycles. The van der Waals surface area contributed by atoms with E-state index < -0.39 is 6.09 Å². The molecule has 1 aromatic heterocycles. The first-order chi connectivity index (χ1) is 15.6. The van der Waals surface area contributed by atoms with E-state index in [1.807, 2.05) is 18.2 Å². The fourth-order valence-electron chi connectivity index (χ4n) is 4.36. The molecule has 1 aliphatic heterocycles. The highest BCUT2D eigenvalue weighted by Crippen LogP contribution is 2.29. The SMILES string of the molecule is Cl.Nc1cccc(C(=O)C2=CCCCC2)c1NC(=O)OCC1CCN(c2ccncc2)CC1. The first-order valence-electron chi connectivity index (χ1n) is 11.3. The molecule has 4 rings (SSSR count). The van der Waals surface area contributed by atoms with Crippen LogP contribution >= 0.6 is 12.4 Å². The number of piperidine rings is 1. The lowest BCUT2D eigenvalue weighted by Crippen LogP contribution is -2.35. The maximum atomic E-state index is 13.0. The second kappa shape index (κ2) is 11.7. The van der Waals surface area contributed by atoms with Gasteiger partial charge in [-0.05, 0) is 74.3 Å². The smallest absolute Gasteiger partial charge is 0.411 e. The molecule has 33 heavy (non-hydrogen) atoms. The van der Waals surface area contributed by atoms with Gasteiger partial charge in [0.1, 0.15) is 0 Å². The van der Waals surface area contributed by atoms with Crippen molar-refractivity contribution in [3.05, 3.63) is 59.9 Å². The normalized spacial score (nSPS) is 16.4. The van der Waals surface area contributed by atoms with E-state index in [4.69, 9.17) is 10.5 Å². The Balaban J connectivity index is 0.00000306. The first kappa shape index (κ1) is 24.6. The van der Waals surface area contributed by atoms with Crippen LogP contribution in [0.5, 0.6) is 0 Å². The van der Waals surface area contributed by atoms with Gasteiger partial charge in [-0.2, -0.15) is 0 Å². The second-order valence-corrected chi connectivity index (χ2v) is 8.43. The molecular formula is C25H31ClN4O3. The van der Waals surface area contributed by atoms with Crippen LogP contribution in [0.2, 0.25) is 0 Å². The molecule has 0 spiro atoms. The fraction of sp³-hybridized carbons (Fsp3) is 0.400. The van der Waals surface area contributed by atoms with E-state index >= 15 is 0 Å². The summed E-state index contributed by atoms with van der Waals surface area (Å²) in [6, 6.07) is 9.14.